The second kappa shape index (κ2) is 3.41. The Morgan fingerprint density at radius 1 is 1.18 bits per heavy atom. The second-order valence-corrected chi connectivity index (χ2v) is 7.12. The molecule has 17 heavy (non-hydrogen) atoms. The number of hydrogen-bond acceptors (Lipinski definition) is 5. The summed E-state index contributed by atoms with van der Waals surface area (Å²) < 4.78 is 25.5. The topological polar surface area (TPSA) is 54.5 Å². The molecular weight excluding hydrogens is 278 g/mol. The largest absolute Gasteiger partial charge is 0.274 e. The molecule has 0 atom stereocenters. The van der Waals surface area contributed by atoms with Gasteiger partial charge in [0.05, 0.1) is 15.4 Å². The van der Waals surface area contributed by atoms with Gasteiger partial charge in [0, 0.05) is 6.92 Å². The van der Waals surface area contributed by atoms with Crippen molar-refractivity contribution in [2.45, 2.75) is 11.8 Å². The molecule has 0 saturated carbocycles. The van der Waals surface area contributed by atoms with Crippen LogP contribution in [0.15, 0.2) is 27.8 Å². The predicted octanol–water partition coefficient (Wildman–Crippen LogP) is 2.53. The van der Waals surface area contributed by atoms with Crippen LogP contribution in [0.4, 0.5) is 5.69 Å². The monoisotopic (exact) mass is 285 g/mol. The fourth-order valence-electron chi connectivity index (χ4n) is 1.87. The van der Waals surface area contributed by atoms with Crippen LogP contribution < -0.4 is 4.31 Å². The molecule has 3 rings (SSSR count). The van der Waals surface area contributed by atoms with Crippen molar-refractivity contribution in [1.82, 2.24) is 0 Å². The van der Waals surface area contributed by atoms with E-state index in [1.807, 2.05) is 0 Å². The highest BCUT2D eigenvalue weighted by Gasteiger charge is 2.38. The molecule has 0 saturated heterocycles. The first-order valence-electron chi connectivity index (χ1n) is 4.75. The number of hydrogen-bond donors (Lipinski definition) is 0. The van der Waals surface area contributed by atoms with Crippen LogP contribution in [-0.4, -0.2) is 14.3 Å². The van der Waals surface area contributed by atoms with Gasteiger partial charge in [0.2, 0.25) is 5.91 Å². The standard InChI is InChI=1S/C10H7NO3S3/c1-6(12)11-7-2-4-15-9(7)10-8(3-5-16-10)17(11,13)14/h2-5H,1H3. The molecule has 1 aliphatic rings. The summed E-state index contributed by atoms with van der Waals surface area (Å²) in [6.07, 6.45) is 0. The Hall–Kier alpha value is -1.18. The molecule has 0 unspecified atom stereocenters. The smallest absolute Gasteiger partial charge is 0.272 e. The Kier molecular flexibility index (Phi) is 2.19. The van der Waals surface area contributed by atoms with E-state index in [0.29, 0.717) is 5.69 Å². The molecule has 1 amide bonds. The lowest BCUT2D eigenvalue weighted by Crippen LogP contribution is -2.36. The van der Waals surface area contributed by atoms with E-state index in [9.17, 15) is 13.2 Å². The van der Waals surface area contributed by atoms with Crippen molar-refractivity contribution in [1.29, 1.82) is 0 Å². The Balaban J connectivity index is 2.42. The molecule has 0 spiro atoms. The maximum atomic E-state index is 12.3. The fourth-order valence-corrected chi connectivity index (χ4v) is 5.91. The highest BCUT2D eigenvalue weighted by Crippen LogP contribution is 2.48. The van der Waals surface area contributed by atoms with Gasteiger partial charge in [-0.3, -0.25) is 4.79 Å². The van der Waals surface area contributed by atoms with Gasteiger partial charge in [-0.15, -0.1) is 22.7 Å². The van der Waals surface area contributed by atoms with E-state index in [4.69, 9.17) is 0 Å². The number of thiophene rings is 2. The third kappa shape index (κ3) is 1.33. The van der Waals surface area contributed by atoms with E-state index in [-0.39, 0.29) is 4.90 Å². The molecule has 2 aromatic rings. The normalized spacial score (nSPS) is 16.4. The highest BCUT2D eigenvalue weighted by atomic mass is 32.2. The van der Waals surface area contributed by atoms with Gasteiger partial charge in [-0.05, 0) is 22.9 Å². The number of carbonyl (C=O) groups excluding carboxylic acids is 1. The molecular formula is C10H7NO3S3. The van der Waals surface area contributed by atoms with Gasteiger partial charge in [-0.25, -0.2) is 12.7 Å². The molecule has 3 heterocycles. The molecule has 0 bridgehead atoms. The fraction of sp³-hybridized carbons (Fsp3) is 0.100. The Morgan fingerprint density at radius 2 is 1.82 bits per heavy atom. The van der Waals surface area contributed by atoms with E-state index in [1.54, 1.807) is 22.9 Å². The molecule has 88 valence electrons. The number of rotatable bonds is 0. The second-order valence-electron chi connectivity index (χ2n) is 3.54. The van der Waals surface area contributed by atoms with Gasteiger partial charge in [0.1, 0.15) is 4.90 Å². The molecule has 0 fully saturated rings. The van der Waals surface area contributed by atoms with Crippen LogP contribution in [0, 0.1) is 0 Å². The van der Waals surface area contributed by atoms with Gasteiger partial charge in [0.15, 0.2) is 0 Å². The molecule has 7 heteroatoms. The lowest BCUT2D eigenvalue weighted by atomic mass is 10.3. The molecule has 0 N–H and O–H groups in total. The number of amides is 1. The van der Waals surface area contributed by atoms with Crippen molar-refractivity contribution >= 4 is 44.3 Å². The maximum Gasteiger partial charge on any atom is 0.272 e. The summed E-state index contributed by atoms with van der Waals surface area (Å²) in [6, 6.07) is 3.22. The van der Waals surface area contributed by atoms with Crippen LogP contribution in [0.2, 0.25) is 0 Å². The summed E-state index contributed by atoms with van der Waals surface area (Å²) in [4.78, 5) is 13.4. The predicted molar refractivity (Wildman–Crippen MR) is 68.0 cm³/mol. The number of fused-ring (bicyclic) bond motifs is 3. The van der Waals surface area contributed by atoms with Crippen LogP contribution in [0.3, 0.4) is 0 Å². The van der Waals surface area contributed by atoms with E-state index in [1.165, 1.54) is 29.6 Å². The van der Waals surface area contributed by atoms with Crippen LogP contribution in [0.1, 0.15) is 6.92 Å². The lowest BCUT2D eigenvalue weighted by Gasteiger charge is -2.25. The van der Waals surface area contributed by atoms with E-state index in [2.05, 4.69) is 0 Å². The molecule has 0 aliphatic carbocycles. The van der Waals surface area contributed by atoms with E-state index < -0.39 is 15.9 Å². The average molecular weight is 285 g/mol. The van der Waals surface area contributed by atoms with Crippen molar-refractivity contribution < 1.29 is 13.2 Å². The number of anilines is 1. The molecule has 0 radical (unpaired) electrons. The zero-order chi connectivity index (χ0) is 12.2. The summed E-state index contributed by atoms with van der Waals surface area (Å²) in [6.45, 7) is 1.26. The third-order valence-electron chi connectivity index (χ3n) is 2.50. The van der Waals surface area contributed by atoms with Gasteiger partial charge in [-0.1, -0.05) is 0 Å². The lowest BCUT2D eigenvalue weighted by molar-refractivity contribution is -0.115. The first kappa shape index (κ1) is 10.9. The minimum absolute atomic E-state index is 0.229. The Bertz CT molecular complexity index is 711. The van der Waals surface area contributed by atoms with Gasteiger partial charge in [0.25, 0.3) is 10.0 Å². The quantitative estimate of drug-likeness (QED) is 0.747. The van der Waals surface area contributed by atoms with Gasteiger partial charge >= 0.3 is 0 Å². The SMILES string of the molecule is CC(=O)N1c2ccsc2-c2sccc2S1(=O)=O. The summed E-state index contributed by atoms with van der Waals surface area (Å²) in [7, 11) is -3.72. The van der Waals surface area contributed by atoms with Crippen molar-refractivity contribution in [3.05, 3.63) is 22.9 Å². The van der Waals surface area contributed by atoms with Crippen LogP contribution in [0.25, 0.3) is 9.75 Å². The van der Waals surface area contributed by atoms with Crippen molar-refractivity contribution in [2.24, 2.45) is 0 Å². The van der Waals surface area contributed by atoms with E-state index >= 15 is 0 Å². The van der Waals surface area contributed by atoms with Crippen molar-refractivity contribution in [3.63, 3.8) is 0 Å². The highest BCUT2D eigenvalue weighted by molar-refractivity contribution is 7.94. The average Bonchev–Trinajstić information content (AvgIpc) is 2.80. The Labute approximate surface area is 106 Å². The first-order valence-corrected chi connectivity index (χ1v) is 7.94. The van der Waals surface area contributed by atoms with Crippen LogP contribution in [0.5, 0.6) is 0 Å². The maximum absolute atomic E-state index is 12.3. The Morgan fingerprint density at radius 3 is 2.53 bits per heavy atom. The van der Waals surface area contributed by atoms with Crippen LogP contribution >= 0.6 is 22.7 Å². The summed E-state index contributed by atoms with van der Waals surface area (Å²) in [5.74, 6) is -0.485. The molecule has 2 aromatic heterocycles. The van der Waals surface area contributed by atoms with E-state index in [0.717, 1.165) is 14.1 Å². The molecule has 4 nitrogen and oxygen atoms in total. The van der Waals surface area contributed by atoms with Gasteiger partial charge < -0.3 is 0 Å². The number of nitrogens with zero attached hydrogens (tertiary/aromatic N) is 1. The van der Waals surface area contributed by atoms with Crippen molar-refractivity contribution in [2.75, 3.05) is 4.31 Å². The summed E-state index contributed by atoms with van der Waals surface area (Å²) in [5, 5.41) is 3.53. The van der Waals surface area contributed by atoms with Crippen LogP contribution in [-0.2, 0) is 14.8 Å². The summed E-state index contributed by atoms with van der Waals surface area (Å²) in [5.41, 5.74) is 0.470. The first-order chi connectivity index (χ1) is 8.03. The molecule has 1 aliphatic heterocycles. The summed E-state index contributed by atoms with van der Waals surface area (Å²) >= 11 is 2.83. The van der Waals surface area contributed by atoms with Gasteiger partial charge in [-0.2, -0.15) is 0 Å². The van der Waals surface area contributed by atoms with Crippen molar-refractivity contribution in [3.8, 4) is 9.75 Å². The minimum atomic E-state index is -3.72. The third-order valence-corrected chi connectivity index (χ3v) is 6.44. The number of sulfonamides is 1. The number of carbonyl (C=O) groups is 1. The zero-order valence-electron chi connectivity index (χ0n) is 8.71. The minimum Gasteiger partial charge on any atom is -0.274 e. The zero-order valence-corrected chi connectivity index (χ0v) is 11.2. The molecule has 0 aromatic carbocycles.